The van der Waals surface area contributed by atoms with Crippen LogP contribution in [0.25, 0.3) is 0 Å². The summed E-state index contributed by atoms with van der Waals surface area (Å²) in [4.78, 5) is 29.3. The van der Waals surface area contributed by atoms with E-state index in [-0.39, 0.29) is 30.6 Å². The predicted molar refractivity (Wildman–Crippen MR) is 160 cm³/mol. The van der Waals surface area contributed by atoms with E-state index < -0.39 is 28.5 Å². The predicted octanol–water partition coefficient (Wildman–Crippen LogP) is 3.40. The minimum Gasteiger partial charge on any atom is -0.497 e. The van der Waals surface area contributed by atoms with Gasteiger partial charge in [0, 0.05) is 25.1 Å². The van der Waals surface area contributed by atoms with Crippen molar-refractivity contribution < 1.29 is 32.2 Å². The number of ether oxygens (including phenoxy) is 3. The first-order valence-corrected chi connectivity index (χ1v) is 15.5. The molecule has 0 aliphatic carbocycles. The number of nitrogens with zero attached hydrogens (tertiary/aromatic N) is 2. The molecule has 1 aliphatic heterocycles. The second kappa shape index (κ2) is 13.6. The fourth-order valence-corrected chi connectivity index (χ4v) is 5.54. The second-order valence-corrected chi connectivity index (χ2v) is 12.2. The lowest BCUT2D eigenvalue weighted by Gasteiger charge is -2.34. The zero-order valence-electron chi connectivity index (χ0n) is 24.3. The molecule has 0 aromatic heterocycles. The van der Waals surface area contributed by atoms with E-state index in [1.54, 1.807) is 43.5 Å². The van der Waals surface area contributed by atoms with Gasteiger partial charge in [0.1, 0.15) is 31.5 Å². The van der Waals surface area contributed by atoms with Crippen molar-refractivity contribution in [1.82, 2.24) is 10.2 Å². The largest absolute Gasteiger partial charge is 0.497 e. The molecule has 1 heterocycles. The number of amides is 2. The van der Waals surface area contributed by atoms with Crippen LogP contribution in [0.4, 0.5) is 5.69 Å². The molecule has 11 heteroatoms. The fourth-order valence-electron chi connectivity index (χ4n) is 4.70. The molecule has 0 fully saturated rings. The van der Waals surface area contributed by atoms with E-state index in [9.17, 15) is 18.0 Å². The summed E-state index contributed by atoms with van der Waals surface area (Å²) in [5.74, 6) is 0.609. The molecule has 2 amide bonds. The van der Waals surface area contributed by atoms with Crippen molar-refractivity contribution in [3.63, 3.8) is 0 Å². The number of benzene rings is 3. The third-order valence-corrected chi connectivity index (χ3v) is 7.82. The zero-order chi connectivity index (χ0) is 30.3. The average Bonchev–Trinajstić information content (AvgIpc) is 2.97. The summed E-state index contributed by atoms with van der Waals surface area (Å²) in [6.45, 7) is 3.94. The van der Waals surface area contributed by atoms with Crippen molar-refractivity contribution in [2.24, 2.45) is 0 Å². The Bertz CT molecular complexity index is 1500. The van der Waals surface area contributed by atoms with Crippen LogP contribution in [-0.2, 0) is 32.6 Å². The Hall–Kier alpha value is -4.25. The van der Waals surface area contributed by atoms with Gasteiger partial charge in [-0.15, -0.1) is 0 Å². The molecular formula is C31H37N3O7S. The highest BCUT2D eigenvalue weighted by molar-refractivity contribution is 7.92. The van der Waals surface area contributed by atoms with E-state index in [2.05, 4.69) is 5.32 Å². The Balaban J connectivity index is 1.74. The molecule has 10 nitrogen and oxygen atoms in total. The summed E-state index contributed by atoms with van der Waals surface area (Å²) >= 11 is 0. The summed E-state index contributed by atoms with van der Waals surface area (Å²) in [5, 5.41) is 2.94. The van der Waals surface area contributed by atoms with Crippen LogP contribution in [0.5, 0.6) is 17.2 Å². The molecule has 1 N–H and O–H groups in total. The van der Waals surface area contributed by atoms with Gasteiger partial charge >= 0.3 is 0 Å². The van der Waals surface area contributed by atoms with E-state index in [0.29, 0.717) is 30.5 Å². The monoisotopic (exact) mass is 595 g/mol. The molecule has 4 rings (SSSR count). The standard InChI is InChI=1S/C31H37N3O7S/c1-22(2)32-31(36)27(18-23-9-6-5-7-10-23)33(20-24-11-8-12-26(17-24)39-3)30(35)21-34(42(4,37)38)25-13-14-28-29(19-25)41-16-15-40-28/h5-14,17,19,22,27H,15-16,18,20-21H2,1-4H3,(H,32,36)/t27-/m0/s1. The molecule has 42 heavy (non-hydrogen) atoms. The van der Waals surface area contributed by atoms with Crippen molar-refractivity contribution in [1.29, 1.82) is 0 Å². The Labute approximate surface area is 247 Å². The van der Waals surface area contributed by atoms with Gasteiger partial charge in [-0.05, 0) is 49.2 Å². The average molecular weight is 596 g/mol. The number of hydrogen-bond acceptors (Lipinski definition) is 7. The first-order chi connectivity index (χ1) is 20.0. The topological polar surface area (TPSA) is 114 Å². The van der Waals surface area contributed by atoms with Crippen LogP contribution in [0.1, 0.15) is 25.0 Å². The summed E-state index contributed by atoms with van der Waals surface area (Å²) in [5.41, 5.74) is 1.84. The van der Waals surface area contributed by atoms with Crippen LogP contribution in [-0.4, -0.2) is 70.3 Å². The first-order valence-electron chi connectivity index (χ1n) is 13.7. The number of methoxy groups -OCH3 is 1. The number of sulfonamides is 1. The van der Waals surface area contributed by atoms with E-state index in [1.165, 1.54) is 4.90 Å². The summed E-state index contributed by atoms with van der Waals surface area (Å²) < 4.78 is 43.7. The van der Waals surface area contributed by atoms with Gasteiger partial charge in [0.2, 0.25) is 21.8 Å². The molecule has 1 aliphatic rings. The van der Waals surface area contributed by atoms with Crippen molar-refractivity contribution in [3.8, 4) is 17.2 Å². The molecule has 0 saturated heterocycles. The highest BCUT2D eigenvalue weighted by Gasteiger charge is 2.33. The second-order valence-electron chi connectivity index (χ2n) is 10.3. The van der Waals surface area contributed by atoms with Gasteiger partial charge < -0.3 is 24.4 Å². The molecule has 0 spiro atoms. The highest BCUT2D eigenvalue weighted by atomic mass is 32.2. The number of rotatable bonds is 12. The van der Waals surface area contributed by atoms with E-state index in [4.69, 9.17) is 14.2 Å². The SMILES string of the molecule is COc1cccc(CN(C(=O)CN(c2ccc3c(c2)OCCO3)S(C)(=O)=O)[C@@H](Cc2ccccc2)C(=O)NC(C)C)c1. The summed E-state index contributed by atoms with van der Waals surface area (Å²) in [7, 11) is -2.36. The van der Waals surface area contributed by atoms with Gasteiger partial charge in [-0.25, -0.2) is 8.42 Å². The van der Waals surface area contributed by atoms with Gasteiger partial charge in [0.05, 0.1) is 19.1 Å². The van der Waals surface area contributed by atoms with Gasteiger partial charge in [-0.2, -0.15) is 0 Å². The third-order valence-electron chi connectivity index (χ3n) is 6.68. The van der Waals surface area contributed by atoms with Crippen LogP contribution >= 0.6 is 0 Å². The normalized spacial score (nSPS) is 13.3. The molecule has 1 atom stereocenters. The van der Waals surface area contributed by atoms with Crippen LogP contribution in [0, 0.1) is 0 Å². The van der Waals surface area contributed by atoms with Crippen molar-refractivity contribution in [3.05, 3.63) is 83.9 Å². The van der Waals surface area contributed by atoms with Crippen LogP contribution in [0.3, 0.4) is 0 Å². The highest BCUT2D eigenvalue weighted by Crippen LogP contribution is 2.35. The van der Waals surface area contributed by atoms with Gasteiger partial charge in [-0.3, -0.25) is 13.9 Å². The Morgan fingerprint density at radius 3 is 2.29 bits per heavy atom. The smallest absolute Gasteiger partial charge is 0.244 e. The van der Waals surface area contributed by atoms with Gasteiger partial charge in [-0.1, -0.05) is 42.5 Å². The number of hydrogen-bond donors (Lipinski definition) is 1. The number of carbonyl (C=O) groups excluding carboxylic acids is 2. The number of carbonyl (C=O) groups is 2. The number of fused-ring (bicyclic) bond motifs is 1. The maximum absolute atomic E-state index is 14.2. The van der Waals surface area contributed by atoms with E-state index >= 15 is 0 Å². The minimum absolute atomic E-state index is 0.0534. The third kappa shape index (κ3) is 7.94. The molecule has 3 aromatic carbocycles. The van der Waals surface area contributed by atoms with E-state index in [1.807, 2.05) is 50.2 Å². The Morgan fingerprint density at radius 2 is 1.62 bits per heavy atom. The van der Waals surface area contributed by atoms with Crippen molar-refractivity contribution >= 4 is 27.5 Å². The zero-order valence-corrected chi connectivity index (χ0v) is 25.1. The number of anilines is 1. The minimum atomic E-state index is -3.91. The van der Waals surface area contributed by atoms with Gasteiger partial charge in [0.15, 0.2) is 11.5 Å². The summed E-state index contributed by atoms with van der Waals surface area (Å²) in [6.07, 6.45) is 1.27. The lowest BCUT2D eigenvalue weighted by atomic mass is 10.0. The lowest BCUT2D eigenvalue weighted by molar-refractivity contribution is -0.140. The Morgan fingerprint density at radius 1 is 0.929 bits per heavy atom. The van der Waals surface area contributed by atoms with Crippen LogP contribution in [0.2, 0.25) is 0 Å². The number of nitrogens with one attached hydrogen (secondary N) is 1. The maximum Gasteiger partial charge on any atom is 0.244 e. The van der Waals surface area contributed by atoms with E-state index in [0.717, 1.165) is 21.7 Å². The maximum atomic E-state index is 14.2. The molecule has 0 bridgehead atoms. The summed E-state index contributed by atoms with van der Waals surface area (Å²) in [6, 6.07) is 20.2. The lowest BCUT2D eigenvalue weighted by Crippen LogP contribution is -2.54. The molecule has 0 saturated carbocycles. The van der Waals surface area contributed by atoms with Crippen LogP contribution < -0.4 is 23.8 Å². The van der Waals surface area contributed by atoms with Crippen LogP contribution in [0.15, 0.2) is 72.8 Å². The van der Waals surface area contributed by atoms with Gasteiger partial charge in [0.25, 0.3) is 0 Å². The van der Waals surface area contributed by atoms with Crippen molar-refractivity contribution in [2.45, 2.75) is 38.9 Å². The Kier molecular flexibility index (Phi) is 9.95. The fraction of sp³-hybridized carbons (Fsp3) is 0.355. The quantitative estimate of drug-likeness (QED) is 0.341. The molecule has 0 radical (unpaired) electrons. The molecule has 224 valence electrons. The van der Waals surface area contributed by atoms with Crippen molar-refractivity contribution in [2.75, 3.05) is 37.4 Å². The molecule has 0 unspecified atom stereocenters. The first kappa shape index (κ1) is 30.7. The molecular weight excluding hydrogens is 558 g/mol. The molecule has 3 aromatic rings.